The van der Waals surface area contributed by atoms with Crippen molar-refractivity contribution in [1.82, 2.24) is 9.80 Å². The molecule has 32 heavy (non-hydrogen) atoms. The summed E-state index contributed by atoms with van der Waals surface area (Å²) in [6, 6.07) is 10.5. The summed E-state index contributed by atoms with van der Waals surface area (Å²) in [5.74, 6) is 1.81. The van der Waals surface area contributed by atoms with Crippen molar-refractivity contribution in [2.75, 3.05) is 39.5 Å². The molecule has 7 heteroatoms. The Morgan fingerprint density at radius 1 is 1.06 bits per heavy atom. The fourth-order valence-corrected chi connectivity index (χ4v) is 5.71. The molecule has 2 fully saturated rings. The van der Waals surface area contributed by atoms with E-state index in [2.05, 4.69) is 39.4 Å². The minimum absolute atomic E-state index is 0.103. The van der Waals surface area contributed by atoms with Gasteiger partial charge in [-0.1, -0.05) is 12.1 Å². The Morgan fingerprint density at radius 2 is 1.97 bits per heavy atom. The van der Waals surface area contributed by atoms with Gasteiger partial charge in [0.15, 0.2) is 11.5 Å². The Hall–Kier alpha value is -2.09. The average molecular weight is 457 g/mol. The van der Waals surface area contributed by atoms with E-state index in [-0.39, 0.29) is 18.1 Å². The van der Waals surface area contributed by atoms with Crippen LogP contribution in [0.15, 0.2) is 35.7 Å². The number of hydrogen-bond acceptors (Lipinski definition) is 6. The summed E-state index contributed by atoms with van der Waals surface area (Å²) in [6.07, 6.45) is 5.34. The largest absolute Gasteiger partial charge is 0.490 e. The smallest absolute Gasteiger partial charge is 0.237 e. The molecule has 2 aromatic rings. The third kappa shape index (κ3) is 5.11. The number of carbonyl (C=O) groups is 1. The Bertz CT molecular complexity index is 897. The van der Waals surface area contributed by atoms with Crippen molar-refractivity contribution in [1.29, 1.82) is 0 Å². The topological polar surface area (TPSA) is 51.2 Å². The van der Waals surface area contributed by atoms with E-state index in [1.165, 1.54) is 4.88 Å². The van der Waals surface area contributed by atoms with Crippen LogP contribution in [-0.4, -0.2) is 61.3 Å². The lowest BCUT2D eigenvalue weighted by molar-refractivity contribution is -0.133. The monoisotopic (exact) mass is 456 g/mol. The number of likely N-dealkylation sites (tertiary alicyclic amines) is 1. The third-order valence-electron chi connectivity index (χ3n) is 6.53. The summed E-state index contributed by atoms with van der Waals surface area (Å²) in [5.41, 5.74) is 1.14. The quantitative estimate of drug-likeness (QED) is 0.623. The lowest BCUT2D eigenvalue weighted by atomic mass is 10.0. The van der Waals surface area contributed by atoms with Crippen molar-refractivity contribution in [2.45, 2.75) is 50.8 Å². The molecule has 2 atom stereocenters. The zero-order chi connectivity index (χ0) is 21.8. The van der Waals surface area contributed by atoms with Gasteiger partial charge in [-0.3, -0.25) is 9.69 Å². The molecule has 0 aliphatic carbocycles. The first-order chi connectivity index (χ1) is 15.8. The van der Waals surface area contributed by atoms with Crippen molar-refractivity contribution in [3.05, 3.63) is 46.2 Å². The first kappa shape index (κ1) is 21.7. The van der Waals surface area contributed by atoms with Gasteiger partial charge in [-0.05, 0) is 54.8 Å². The molecule has 0 unspecified atom stereocenters. The molecule has 1 aromatic carbocycles. The number of benzene rings is 1. The molecule has 5 rings (SSSR count). The summed E-state index contributed by atoms with van der Waals surface area (Å²) >= 11 is 1.75. The van der Waals surface area contributed by atoms with E-state index in [0.717, 1.165) is 75.4 Å². The van der Waals surface area contributed by atoms with Crippen LogP contribution in [0.5, 0.6) is 11.5 Å². The molecule has 0 saturated carbocycles. The molecule has 172 valence electrons. The van der Waals surface area contributed by atoms with Gasteiger partial charge >= 0.3 is 0 Å². The summed E-state index contributed by atoms with van der Waals surface area (Å²) < 4.78 is 17.6. The highest BCUT2D eigenvalue weighted by Crippen LogP contribution is 2.38. The molecular formula is C25H32N2O4S. The SMILES string of the molecule is O=C(CN(Cc1cccs1)C[C@H]1CCCO1)N1CCC[C@H]1c1ccc2c(c1)OCCCO2. The number of carbonyl (C=O) groups excluding carboxylic acids is 1. The van der Waals surface area contributed by atoms with Crippen LogP contribution in [0.2, 0.25) is 0 Å². The highest BCUT2D eigenvalue weighted by Gasteiger charge is 2.32. The highest BCUT2D eigenvalue weighted by molar-refractivity contribution is 7.09. The molecule has 0 N–H and O–H groups in total. The number of hydrogen-bond donors (Lipinski definition) is 0. The van der Waals surface area contributed by atoms with Gasteiger partial charge in [0.1, 0.15) is 0 Å². The third-order valence-corrected chi connectivity index (χ3v) is 7.39. The van der Waals surface area contributed by atoms with E-state index < -0.39 is 0 Å². The molecule has 3 aliphatic heterocycles. The van der Waals surface area contributed by atoms with Gasteiger partial charge in [0, 0.05) is 37.5 Å². The number of fused-ring (bicyclic) bond motifs is 1. The maximum absolute atomic E-state index is 13.5. The predicted octanol–water partition coefficient (Wildman–Crippen LogP) is 4.25. The number of ether oxygens (including phenoxy) is 3. The number of rotatable bonds is 7. The van der Waals surface area contributed by atoms with Crippen molar-refractivity contribution in [2.24, 2.45) is 0 Å². The minimum atomic E-state index is 0.103. The number of thiophene rings is 1. The summed E-state index contributed by atoms with van der Waals surface area (Å²) in [5, 5.41) is 2.10. The second kappa shape index (κ2) is 10.2. The van der Waals surface area contributed by atoms with Crippen LogP contribution in [0.4, 0.5) is 0 Å². The van der Waals surface area contributed by atoms with Crippen molar-refractivity contribution in [3.63, 3.8) is 0 Å². The highest BCUT2D eigenvalue weighted by atomic mass is 32.1. The minimum Gasteiger partial charge on any atom is -0.490 e. The second-order valence-electron chi connectivity index (χ2n) is 8.89. The van der Waals surface area contributed by atoms with Crippen LogP contribution in [0, 0.1) is 0 Å². The van der Waals surface area contributed by atoms with Crippen LogP contribution in [-0.2, 0) is 16.1 Å². The van der Waals surface area contributed by atoms with E-state index in [9.17, 15) is 4.79 Å². The van der Waals surface area contributed by atoms with Crippen LogP contribution in [0.3, 0.4) is 0 Å². The summed E-state index contributed by atoms with van der Waals surface area (Å²) in [4.78, 5) is 19.1. The molecule has 0 spiro atoms. The van der Waals surface area contributed by atoms with Crippen molar-refractivity contribution in [3.8, 4) is 11.5 Å². The molecule has 2 saturated heterocycles. The zero-order valence-electron chi connectivity index (χ0n) is 18.5. The Morgan fingerprint density at radius 3 is 2.78 bits per heavy atom. The van der Waals surface area contributed by atoms with Crippen LogP contribution < -0.4 is 9.47 Å². The predicted molar refractivity (Wildman–Crippen MR) is 124 cm³/mol. The van der Waals surface area contributed by atoms with Crippen LogP contribution in [0.25, 0.3) is 0 Å². The van der Waals surface area contributed by atoms with E-state index in [1.54, 1.807) is 11.3 Å². The Balaban J connectivity index is 1.28. The Kier molecular flexibility index (Phi) is 6.95. The number of nitrogens with zero attached hydrogens (tertiary/aromatic N) is 2. The number of amides is 1. The molecule has 1 amide bonds. The van der Waals surface area contributed by atoms with Gasteiger partial charge in [-0.25, -0.2) is 0 Å². The fraction of sp³-hybridized carbons (Fsp3) is 0.560. The van der Waals surface area contributed by atoms with Gasteiger partial charge in [-0.2, -0.15) is 0 Å². The molecule has 1 aromatic heterocycles. The molecule has 3 aliphatic rings. The van der Waals surface area contributed by atoms with Gasteiger partial charge in [0.05, 0.1) is 31.9 Å². The molecule has 4 heterocycles. The maximum atomic E-state index is 13.5. The maximum Gasteiger partial charge on any atom is 0.237 e. The van der Waals surface area contributed by atoms with Crippen molar-refractivity contribution >= 4 is 17.2 Å². The molecule has 0 bridgehead atoms. The van der Waals surface area contributed by atoms with E-state index in [0.29, 0.717) is 19.8 Å². The normalized spacial score (nSPS) is 23.0. The zero-order valence-corrected chi connectivity index (χ0v) is 19.4. The van der Waals surface area contributed by atoms with E-state index >= 15 is 0 Å². The van der Waals surface area contributed by atoms with Crippen molar-refractivity contribution < 1.29 is 19.0 Å². The average Bonchev–Trinajstić information content (AvgIpc) is 3.55. The molecule has 0 radical (unpaired) electrons. The van der Waals surface area contributed by atoms with Gasteiger partial charge < -0.3 is 19.1 Å². The fourth-order valence-electron chi connectivity index (χ4n) is 4.97. The van der Waals surface area contributed by atoms with Gasteiger partial charge in [-0.15, -0.1) is 11.3 Å². The lowest BCUT2D eigenvalue weighted by Gasteiger charge is -2.30. The molecule has 6 nitrogen and oxygen atoms in total. The first-order valence-corrected chi connectivity index (χ1v) is 12.7. The first-order valence-electron chi connectivity index (χ1n) is 11.8. The lowest BCUT2D eigenvalue weighted by Crippen LogP contribution is -2.42. The second-order valence-corrected chi connectivity index (χ2v) is 9.92. The van der Waals surface area contributed by atoms with Gasteiger partial charge in [0.2, 0.25) is 5.91 Å². The summed E-state index contributed by atoms with van der Waals surface area (Å²) in [6.45, 7) is 5.04. The Labute approximate surface area is 194 Å². The summed E-state index contributed by atoms with van der Waals surface area (Å²) in [7, 11) is 0. The van der Waals surface area contributed by atoms with Crippen LogP contribution >= 0.6 is 11.3 Å². The van der Waals surface area contributed by atoms with E-state index in [1.807, 2.05) is 6.07 Å². The standard InChI is InChI=1S/C25H32N2O4S/c28-25(18-26(16-20-5-2-11-29-20)17-21-6-3-14-32-21)27-10-1-7-22(27)19-8-9-23-24(15-19)31-13-4-12-30-23/h3,6,8-9,14-15,20,22H,1-2,4-5,7,10-13,16-18H2/t20-,22+/m1/s1. The molecular weight excluding hydrogens is 424 g/mol. The van der Waals surface area contributed by atoms with Crippen LogP contribution in [0.1, 0.15) is 48.6 Å². The van der Waals surface area contributed by atoms with Gasteiger partial charge in [0.25, 0.3) is 0 Å². The van der Waals surface area contributed by atoms with E-state index in [4.69, 9.17) is 14.2 Å².